The number of anilines is 1. The van der Waals surface area contributed by atoms with Crippen LogP contribution in [0.1, 0.15) is 21.5 Å². The summed E-state index contributed by atoms with van der Waals surface area (Å²) in [5, 5.41) is 0.642. The molecule has 0 aliphatic carbocycles. The molecule has 7 heteroatoms. The molecule has 1 saturated heterocycles. The number of fused-ring (bicyclic) bond motifs is 1. The first-order chi connectivity index (χ1) is 16.1. The van der Waals surface area contributed by atoms with Crippen LogP contribution < -0.4 is 4.90 Å². The molecule has 0 radical (unpaired) electrons. The first-order valence-corrected chi connectivity index (χ1v) is 11.9. The maximum Gasteiger partial charge on any atom is 0.257 e. The van der Waals surface area contributed by atoms with E-state index in [4.69, 9.17) is 4.42 Å². The lowest BCUT2D eigenvalue weighted by molar-refractivity contribution is 0.0746. The number of thioether (sulfide) groups is 1. The Morgan fingerprint density at radius 2 is 1.79 bits per heavy atom. The maximum absolute atomic E-state index is 14.0. The Morgan fingerprint density at radius 1 is 1.03 bits per heavy atom. The second-order valence-electron chi connectivity index (χ2n) is 8.17. The first-order valence-electron chi connectivity index (χ1n) is 10.9. The van der Waals surface area contributed by atoms with Crippen molar-refractivity contribution in [2.45, 2.75) is 17.9 Å². The fourth-order valence-corrected chi connectivity index (χ4v) is 4.80. The number of aryl methyl sites for hydroxylation is 1. The third-order valence-corrected chi connectivity index (χ3v) is 6.75. The quantitative estimate of drug-likeness (QED) is 0.366. The number of aromatic nitrogens is 1. The van der Waals surface area contributed by atoms with Gasteiger partial charge >= 0.3 is 0 Å². The van der Waals surface area contributed by atoms with Gasteiger partial charge in [-0.15, -0.1) is 0 Å². The van der Waals surface area contributed by atoms with Gasteiger partial charge in [0.25, 0.3) is 11.1 Å². The van der Waals surface area contributed by atoms with Crippen LogP contribution in [0.5, 0.6) is 0 Å². The lowest BCUT2D eigenvalue weighted by Crippen LogP contribution is -2.49. The van der Waals surface area contributed by atoms with Gasteiger partial charge < -0.3 is 14.2 Å². The first kappa shape index (κ1) is 21.5. The second kappa shape index (κ2) is 9.27. The topological polar surface area (TPSA) is 49.6 Å². The summed E-state index contributed by atoms with van der Waals surface area (Å²) >= 11 is 1.54. The number of oxazole rings is 1. The van der Waals surface area contributed by atoms with Crippen molar-refractivity contribution < 1.29 is 13.6 Å². The van der Waals surface area contributed by atoms with Crippen LogP contribution in [0.4, 0.5) is 10.1 Å². The molecule has 4 aromatic rings. The Morgan fingerprint density at radius 3 is 2.55 bits per heavy atom. The molecule has 0 atom stereocenters. The number of benzene rings is 3. The molecule has 0 bridgehead atoms. The Bertz CT molecular complexity index is 1280. The largest absolute Gasteiger partial charge is 0.431 e. The number of hydrogen-bond donors (Lipinski definition) is 0. The molecule has 3 aromatic carbocycles. The molecule has 1 fully saturated rings. The number of carbonyl (C=O) groups is 1. The summed E-state index contributed by atoms with van der Waals surface area (Å²) in [7, 11) is 0. The molecule has 168 valence electrons. The van der Waals surface area contributed by atoms with Gasteiger partial charge in [-0.2, -0.15) is 0 Å². The third-order valence-electron chi connectivity index (χ3n) is 5.85. The van der Waals surface area contributed by atoms with Gasteiger partial charge in [0, 0.05) is 37.5 Å². The molecular weight excluding hydrogens is 437 g/mol. The van der Waals surface area contributed by atoms with E-state index in [2.05, 4.69) is 4.98 Å². The summed E-state index contributed by atoms with van der Waals surface area (Å²) in [5.74, 6) is 0.497. The van der Waals surface area contributed by atoms with Crippen molar-refractivity contribution >= 4 is 34.5 Å². The van der Waals surface area contributed by atoms with Gasteiger partial charge in [0.15, 0.2) is 5.58 Å². The highest BCUT2D eigenvalue weighted by atomic mass is 32.2. The van der Waals surface area contributed by atoms with Gasteiger partial charge in [-0.1, -0.05) is 42.1 Å². The lowest BCUT2D eigenvalue weighted by Gasteiger charge is -2.36. The van der Waals surface area contributed by atoms with E-state index in [1.54, 1.807) is 12.1 Å². The summed E-state index contributed by atoms with van der Waals surface area (Å²) in [6, 6.07) is 20.4. The van der Waals surface area contributed by atoms with E-state index in [-0.39, 0.29) is 11.7 Å². The van der Waals surface area contributed by atoms with Gasteiger partial charge in [-0.3, -0.25) is 4.79 Å². The van der Waals surface area contributed by atoms with Gasteiger partial charge in [0.2, 0.25) is 0 Å². The zero-order chi connectivity index (χ0) is 22.8. The van der Waals surface area contributed by atoms with Crippen molar-refractivity contribution in [3.05, 3.63) is 89.2 Å². The number of para-hydroxylation sites is 1. The van der Waals surface area contributed by atoms with Crippen LogP contribution in [-0.4, -0.2) is 42.0 Å². The molecule has 0 unspecified atom stereocenters. The molecule has 1 amide bonds. The number of rotatable bonds is 5. The number of nitrogens with zero attached hydrogens (tertiary/aromatic N) is 3. The van der Waals surface area contributed by atoms with E-state index >= 15 is 0 Å². The van der Waals surface area contributed by atoms with Crippen LogP contribution in [0.15, 0.2) is 76.4 Å². The van der Waals surface area contributed by atoms with Crippen molar-refractivity contribution in [1.82, 2.24) is 9.88 Å². The molecule has 0 N–H and O–H groups in total. The molecule has 1 aromatic heterocycles. The Labute approximate surface area is 196 Å². The Kier molecular flexibility index (Phi) is 6.05. The molecule has 1 aliphatic heterocycles. The number of carbonyl (C=O) groups excluding carboxylic acids is 1. The Hall–Kier alpha value is -3.32. The Balaban J connectivity index is 1.17. The highest BCUT2D eigenvalue weighted by Crippen LogP contribution is 2.27. The van der Waals surface area contributed by atoms with Gasteiger partial charge in [0.05, 0.1) is 5.69 Å². The minimum atomic E-state index is -0.223. The molecule has 33 heavy (non-hydrogen) atoms. The zero-order valence-electron chi connectivity index (χ0n) is 18.3. The van der Waals surface area contributed by atoms with Crippen molar-refractivity contribution in [3.63, 3.8) is 0 Å². The summed E-state index contributed by atoms with van der Waals surface area (Å²) in [6.07, 6.45) is 0. The number of halogens is 1. The third kappa shape index (κ3) is 4.73. The SMILES string of the molecule is Cc1ccc2oc(SCc3ccc(C(=O)N4CCN(c5ccccc5F)CC4)cc3)nc2c1. The standard InChI is InChI=1S/C26H24FN3O2S/c1-18-6-11-24-22(16-18)28-26(32-24)33-17-19-7-9-20(10-8-19)25(31)30-14-12-29(13-15-30)23-5-3-2-4-21(23)27/h2-11,16H,12-15,17H2,1H3. The fourth-order valence-electron chi connectivity index (χ4n) is 4.01. The molecule has 2 heterocycles. The lowest BCUT2D eigenvalue weighted by atomic mass is 10.1. The van der Waals surface area contributed by atoms with Crippen LogP contribution in [-0.2, 0) is 5.75 Å². The van der Waals surface area contributed by atoms with Gasteiger partial charge in [-0.25, -0.2) is 9.37 Å². The van der Waals surface area contributed by atoms with Crippen molar-refractivity contribution in [2.75, 3.05) is 31.1 Å². The average Bonchev–Trinajstić information content (AvgIpc) is 3.25. The van der Waals surface area contributed by atoms with Crippen LogP contribution >= 0.6 is 11.8 Å². The maximum atomic E-state index is 14.0. The number of hydrogen-bond acceptors (Lipinski definition) is 5. The second-order valence-corrected chi connectivity index (χ2v) is 9.09. The minimum absolute atomic E-state index is 0.0108. The van der Waals surface area contributed by atoms with Crippen LogP contribution in [0.25, 0.3) is 11.1 Å². The van der Waals surface area contributed by atoms with Crippen LogP contribution in [0.2, 0.25) is 0 Å². The predicted molar refractivity (Wildman–Crippen MR) is 129 cm³/mol. The predicted octanol–water partition coefficient (Wildman–Crippen LogP) is 5.53. The fraction of sp³-hybridized carbons (Fsp3) is 0.231. The summed E-state index contributed by atoms with van der Waals surface area (Å²) < 4.78 is 19.8. The summed E-state index contributed by atoms with van der Waals surface area (Å²) in [5.41, 5.74) is 5.18. The van der Waals surface area contributed by atoms with E-state index in [9.17, 15) is 9.18 Å². The van der Waals surface area contributed by atoms with Gasteiger partial charge in [0.1, 0.15) is 11.3 Å². The van der Waals surface area contributed by atoms with Crippen LogP contribution in [0.3, 0.4) is 0 Å². The van der Waals surface area contributed by atoms with E-state index < -0.39 is 0 Å². The number of piperazine rings is 1. The summed E-state index contributed by atoms with van der Waals surface area (Å²) in [6.45, 7) is 4.41. The average molecular weight is 462 g/mol. The van der Waals surface area contributed by atoms with Crippen molar-refractivity contribution in [2.24, 2.45) is 0 Å². The zero-order valence-corrected chi connectivity index (χ0v) is 19.1. The molecule has 0 saturated carbocycles. The van der Waals surface area contributed by atoms with E-state index in [1.165, 1.54) is 17.8 Å². The molecule has 5 nitrogen and oxygen atoms in total. The van der Waals surface area contributed by atoms with Gasteiger partial charge in [-0.05, 0) is 54.4 Å². The normalized spacial score (nSPS) is 14.1. The molecular formula is C26H24FN3O2S. The monoisotopic (exact) mass is 461 g/mol. The number of amides is 1. The highest BCUT2D eigenvalue weighted by molar-refractivity contribution is 7.98. The minimum Gasteiger partial charge on any atom is -0.431 e. The molecule has 0 spiro atoms. The summed E-state index contributed by atoms with van der Waals surface area (Å²) in [4.78, 5) is 21.3. The van der Waals surface area contributed by atoms with E-state index in [0.29, 0.717) is 48.4 Å². The van der Waals surface area contributed by atoms with Crippen molar-refractivity contribution in [3.8, 4) is 0 Å². The van der Waals surface area contributed by atoms with E-state index in [0.717, 1.165) is 22.2 Å². The van der Waals surface area contributed by atoms with Crippen molar-refractivity contribution in [1.29, 1.82) is 0 Å². The van der Waals surface area contributed by atoms with Crippen LogP contribution in [0, 0.1) is 12.7 Å². The molecule has 5 rings (SSSR count). The molecule has 1 aliphatic rings. The smallest absolute Gasteiger partial charge is 0.257 e. The van der Waals surface area contributed by atoms with E-state index in [1.807, 2.05) is 65.3 Å². The highest BCUT2D eigenvalue weighted by Gasteiger charge is 2.23.